The molecule has 1 aromatic carbocycles. The zero-order chi connectivity index (χ0) is 10.4. The summed E-state index contributed by atoms with van der Waals surface area (Å²) in [7, 11) is 1.65. The van der Waals surface area contributed by atoms with Crippen LogP contribution in [0.1, 0.15) is 11.1 Å². The van der Waals surface area contributed by atoms with Gasteiger partial charge >= 0.3 is 0 Å². The van der Waals surface area contributed by atoms with Crippen molar-refractivity contribution in [1.29, 1.82) is 0 Å². The lowest BCUT2D eigenvalue weighted by Crippen LogP contribution is -2.31. The highest BCUT2D eigenvalue weighted by Crippen LogP contribution is 2.05. The molecule has 1 amide bonds. The Balaban J connectivity index is 2.59. The van der Waals surface area contributed by atoms with E-state index in [4.69, 9.17) is 10.6 Å². The van der Waals surface area contributed by atoms with Crippen LogP contribution in [0.2, 0.25) is 0 Å². The van der Waals surface area contributed by atoms with Crippen LogP contribution in [0.15, 0.2) is 24.3 Å². The van der Waals surface area contributed by atoms with Crippen LogP contribution in [0.25, 0.3) is 0 Å². The van der Waals surface area contributed by atoms with E-state index < -0.39 is 0 Å². The molecule has 3 N–H and O–H groups in total. The van der Waals surface area contributed by atoms with E-state index in [1.54, 1.807) is 7.11 Å². The second-order valence-corrected chi connectivity index (χ2v) is 2.99. The van der Waals surface area contributed by atoms with Gasteiger partial charge in [0.15, 0.2) is 0 Å². The molecule has 4 heteroatoms. The first-order valence-corrected chi connectivity index (χ1v) is 4.32. The van der Waals surface area contributed by atoms with Crippen molar-refractivity contribution in [2.24, 2.45) is 5.84 Å². The van der Waals surface area contributed by atoms with Gasteiger partial charge in [0.1, 0.15) is 0 Å². The highest BCUT2D eigenvalue weighted by atomic mass is 16.5. The number of rotatable bonds is 4. The number of hydrogen-bond donors (Lipinski definition) is 2. The number of amides is 1. The molecule has 0 radical (unpaired) electrons. The minimum Gasteiger partial charge on any atom is -0.380 e. The third-order valence-electron chi connectivity index (χ3n) is 1.86. The van der Waals surface area contributed by atoms with Crippen LogP contribution in [0, 0.1) is 0 Å². The number of hydrogen-bond acceptors (Lipinski definition) is 3. The van der Waals surface area contributed by atoms with Gasteiger partial charge in [0.2, 0.25) is 5.91 Å². The smallest absolute Gasteiger partial charge is 0.238 e. The van der Waals surface area contributed by atoms with Gasteiger partial charge in [-0.05, 0) is 11.1 Å². The number of nitrogens with one attached hydrogen (secondary N) is 1. The number of carbonyl (C=O) groups is 1. The van der Waals surface area contributed by atoms with E-state index in [1.807, 2.05) is 24.3 Å². The van der Waals surface area contributed by atoms with E-state index in [0.29, 0.717) is 13.0 Å². The van der Waals surface area contributed by atoms with Crippen molar-refractivity contribution >= 4 is 5.91 Å². The molecule has 14 heavy (non-hydrogen) atoms. The Morgan fingerprint density at radius 2 is 1.93 bits per heavy atom. The lowest BCUT2D eigenvalue weighted by Gasteiger charge is -2.02. The average molecular weight is 194 g/mol. The highest BCUT2D eigenvalue weighted by Gasteiger charge is 2.00. The van der Waals surface area contributed by atoms with E-state index in [0.717, 1.165) is 11.1 Å². The van der Waals surface area contributed by atoms with E-state index in [9.17, 15) is 4.79 Å². The first kappa shape index (κ1) is 10.7. The van der Waals surface area contributed by atoms with Crippen molar-refractivity contribution in [3.05, 3.63) is 35.4 Å². The lowest BCUT2D eigenvalue weighted by molar-refractivity contribution is -0.120. The predicted octanol–water partition coefficient (Wildman–Crippen LogP) is 0.365. The van der Waals surface area contributed by atoms with E-state index in [2.05, 4.69) is 5.43 Å². The summed E-state index contributed by atoms with van der Waals surface area (Å²) in [5.74, 6) is 4.79. The molecule has 0 aliphatic heterocycles. The Kier molecular flexibility index (Phi) is 4.10. The Morgan fingerprint density at radius 3 is 2.43 bits per heavy atom. The van der Waals surface area contributed by atoms with Crippen LogP contribution in [-0.2, 0) is 22.6 Å². The summed E-state index contributed by atoms with van der Waals surface area (Å²) in [5.41, 5.74) is 4.11. The molecule has 0 aromatic heterocycles. The second-order valence-electron chi connectivity index (χ2n) is 2.99. The Morgan fingerprint density at radius 1 is 1.36 bits per heavy atom. The maximum Gasteiger partial charge on any atom is 0.238 e. The van der Waals surface area contributed by atoms with Gasteiger partial charge in [-0.25, -0.2) is 5.84 Å². The molecule has 0 atom stereocenters. The fraction of sp³-hybridized carbons (Fsp3) is 0.300. The second kappa shape index (κ2) is 5.36. The molecule has 0 saturated heterocycles. The third kappa shape index (κ3) is 3.16. The van der Waals surface area contributed by atoms with Crippen molar-refractivity contribution < 1.29 is 9.53 Å². The quantitative estimate of drug-likeness (QED) is 0.413. The van der Waals surface area contributed by atoms with Gasteiger partial charge in [-0.2, -0.15) is 0 Å². The Labute approximate surface area is 83.0 Å². The van der Waals surface area contributed by atoms with E-state index in [1.165, 1.54) is 0 Å². The molecule has 0 fully saturated rings. The van der Waals surface area contributed by atoms with Gasteiger partial charge in [0, 0.05) is 7.11 Å². The lowest BCUT2D eigenvalue weighted by atomic mass is 10.1. The highest BCUT2D eigenvalue weighted by molar-refractivity contribution is 5.77. The van der Waals surface area contributed by atoms with Gasteiger partial charge in [0.05, 0.1) is 13.0 Å². The summed E-state index contributed by atoms with van der Waals surface area (Å²) in [6.07, 6.45) is 0.309. The monoisotopic (exact) mass is 194 g/mol. The third-order valence-corrected chi connectivity index (χ3v) is 1.86. The summed E-state index contributed by atoms with van der Waals surface area (Å²) in [4.78, 5) is 10.9. The van der Waals surface area contributed by atoms with Crippen LogP contribution in [0.5, 0.6) is 0 Å². The number of ether oxygens (including phenoxy) is 1. The van der Waals surface area contributed by atoms with Crippen molar-refractivity contribution in [3.8, 4) is 0 Å². The predicted molar refractivity (Wildman–Crippen MR) is 53.2 cm³/mol. The Bertz CT molecular complexity index is 295. The molecule has 1 rings (SSSR count). The zero-order valence-corrected chi connectivity index (χ0v) is 8.12. The van der Waals surface area contributed by atoms with Crippen molar-refractivity contribution in [1.82, 2.24) is 5.43 Å². The fourth-order valence-corrected chi connectivity index (χ4v) is 1.16. The van der Waals surface area contributed by atoms with Crippen molar-refractivity contribution in [2.45, 2.75) is 13.0 Å². The summed E-state index contributed by atoms with van der Waals surface area (Å²) in [6, 6.07) is 7.65. The molecule has 0 bridgehead atoms. The number of carbonyl (C=O) groups excluding carboxylic acids is 1. The molecule has 0 aliphatic carbocycles. The molecule has 0 aliphatic rings. The molecular weight excluding hydrogens is 180 g/mol. The molecule has 0 unspecified atom stereocenters. The summed E-state index contributed by atoms with van der Waals surface area (Å²) in [6.45, 7) is 0.587. The number of hydrazine groups is 1. The summed E-state index contributed by atoms with van der Waals surface area (Å²) in [5, 5.41) is 0. The molecule has 0 heterocycles. The fourth-order valence-electron chi connectivity index (χ4n) is 1.16. The van der Waals surface area contributed by atoms with Crippen LogP contribution >= 0.6 is 0 Å². The van der Waals surface area contributed by atoms with Crippen LogP contribution in [0.3, 0.4) is 0 Å². The normalized spacial score (nSPS) is 9.86. The molecule has 0 saturated carbocycles. The van der Waals surface area contributed by atoms with Gasteiger partial charge in [-0.1, -0.05) is 24.3 Å². The van der Waals surface area contributed by atoms with E-state index in [-0.39, 0.29) is 5.91 Å². The van der Waals surface area contributed by atoms with Crippen molar-refractivity contribution in [2.75, 3.05) is 7.11 Å². The summed E-state index contributed by atoms with van der Waals surface area (Å²) >= 11 is 0. The van der Waals surface area contributed by atoms with Crippen molar-refractivity contribution in [3.63, 3.8) is 0 Å². The Hall–Kier alpha value is -1.39. The average Bonchev–Trinajstić information content (AvgIpc) is 2.21. The zero-order valence-electron chi connectivity index (χ0n) is 8.12. The topological polar surface area (TPSA) is 64.3 Å². The standard InChI is InChI=1S/C10H14N2O2/c1-14-7-9-4-2-8(3-5-9)6-10(13)12-11/h2-5H,6-7,11H2,1H3,(H,12,13). The number of nitrogens with two attached hydrogens (primary N) is 1. The maximum atomic E-state index is 10.9. The summed E-state index contributed by atoms with van der Waals surface area (Å²) < 4.78 is 4.97. The van der Waals surface area contributed by atoms with Crippen LogP contribution < -0.4 is 11.3 Å². The van der Waals surface area contributed by atoms with Gasteiger partial charge < -0.3 is 4.74 Å². The van der Waals surface area contributed by atoms with Crippen LogP contribution in [-0.4, -0.2) is 13.0 Å². The minimum atomic E-state index is -0.190. The molecule has 1 aromatic rings. The molecular formula is C10H14N2O2. The molecule has 4 nitrogen and oxygen atoms in total. The van der Waals surface area contributed by atoms with E-state index >= 15 is 0 Å². The minimum absolute atomic E-state index is 0.190. The molecule has 76 valence electrons. The maximum absolute atomic E-state index is 10.9. The number of methoxy groups -OCH3 is 1. The van der Waals surface area contributed by atoms with Crippen LogP contribution in [0.4, 0.5) is 0 Å². The number of benzene rings is 1. The molecule has 0 spiro atoms. The largest absolute Gasteiger partial charge is 0.380 e. The SMILES string of the molecule is COCc1ccc(CC(=O)NN)cc1. The van der Waals surface area contributed by atoms with Gasteiger partial charge in [-0.3, -0.25) is 10.2 Å². The van der Waals surface area contributed by atoms with Gasteiger partial charge in [-0.15, -0.1) is 0 Å². The first-order valence-electron chi connectivity index (χ1n) is 4.32. The van der Waals surface area contributed by atoms with Gasteiger partial charge in [0.25, 0.3) is 0 Å². The first-order chi connectivity index (χ1) is 6.76.